The van der Waals surface area contributed by atoms with Crippen molar-refractivity contribution in [3.63, 3.8) is 0 Å². The Kier molecular flexibility index (Phi) is 6.78. The lowest BCUT2D eigenvalue weighted by molar-refractivity contribution is -0.132. The molecule has 1 rings (SSSR count). The Morgan fingerprint density at radius 3 is 2.57 bits per heavy atom. The molecule has 0 aliphatic heterocycles. The summed E-state index contributed by atoms with van der Waals surface area (Å²) in [6, 6.07) is 3.89. The van der Waals surface area contributed by atoms with Gasteiger partial charge in [0.2, 0.25) is 5.91 Å². The molecule has 2 N–H and O–H groups in total. The maximum Gasteiger partial charge on any atom is 0.222 e. The summed E-state index contributed by atoms with van der Waals surface area (Å²) in [6.07, 6.45) is 4.73. The fourth-order valence-corrected chi connectivity index (χ4v) is 1.91. The smallest absolute Gasteiger partial charge is 0.222 e. The Labute approximate surface area is 128 Å². The van der Waals surface area contributed by atoms with E-state index in [1.54, 1.807) is 6.20 Å². The Morgan fingerprint density at radius 2 is 2.05 bits per heavy atom. The van der Waals surface area contributed by atoms with Gasteiger partial charge in [0.25, 0.3) is 0 Å². The molecule has 5 heteroatoms. The van der Waals surface area contributed by atoms with Gasteiger partial charge in [0, 0.05) is 44.0 Å². The standard InChI is InChI=1S/C16H28N4O/c1-16(2,17)8-7-15(21)20(11-10-19(3)4)13-14-6-5-9-18-12-14/h5-6,9,12H,7-8,10-11,13,17H2,1-4H3. The van der Waals surface area contributed by atoms with E-state index in [2.05, 4.69) is 9.88 Å². The van der Waals surface area contributed by atoms with Crippen molar-refractivity contribution >= 4 is 5.91 Å². The van der Waals surface area contributed by atoms with Gasteiger partial charge >= 0.3 is 0 Å². The number of carbonyl (C=O) groups excluding carboxylic acids is 1. The third kappa shape index (κ3) is 7.78. The van der Waals surface area contributed by atoms with Crippen LogP contribution in [0.5, 0.6) is 0 Å². The van der Waals surface area contributed by atoms with Crippen molar-refractivity contribution in [3.8, 4) is 0 Å². The third-order valence-electron chi connectivity index (χ3n) is 3.25. The molecule has 0 saturated heterocycles. The number of nitrogens with zero attached hydrogens (tertiary/aromatic N) is 3. The van der Waals surface area contributed by atoms with Crippen LogP contribution in [0.4, 0.5) is 0 Å². The van der Waals surface area contributed by atoms with Crippen molar-refractivity contribution in [2.45, 2.75) is 38.8 Å². The van der Waals surface area contributed by atoms with Crippen molar-refractivity contribution in [3.05, 3.63) is 30.1 Å². The minimum Gasteiger partial charge on any atom is -0.337 e. The fraction of sp³-hybridized carbons (Fsp3) is 0.625. The zero-order valence-electron chi connectivity index (χ0n) is 13.7. The van der Waals surface area contributed by atoms with Crippen LogP contribution in [0.25, 0.3) is 0 Å². The molecule has 0 bridgehead atoms. The van der Waals surface area contributed by atoms with Crippen molar-refractivity contribution in [1.29, 1.82) is 0 Å². The zero-order chi connectivity index (χ0) is 15.9. The van der Waals surface area contributed by atoms with Gasteiger partial charge in [0.1, 0.15) is 0 Å². The molecule has 1 heterocycles. The molecule has 0 spiro atoms. The number of hydrogen-bond acceptors (Lipinski definition) is 4. The molecule has 0 aliphatic carbocycles. The van der Waals surface area contributed by atoms with Crippen LogP contribution in [-0.4, -0.2) is 53.4 Å². The second kappa shape index (κ2) is 8.10. The number of nitrogens with two attached hydrogens (primary N) is 1. The van der Waals surface area contributed by atoms with Crippen LogP contribution >= 0.6 is 0 Å². The van der Waals surface area contributed by atoms with Crippen LogP contribution in [0.15, 0.2) is 24.5 Å². The van der Waals surface area contributed by atoms with E-state index in [-0.39, 0.29) is 11.4 Å². The SMILES string of the molecule is CN(C)CCN(Cc1cccnc1)C(=O)CCC(C)(C)N. The highest BCUT2D eigenvalue weighted by Gasteiger charge is 2.18. The number of pyridine rings is 1. The Balaban J connectivity index is 2.65. The molecular weight excluding hydrogens is 264 g/mol. The number of amides is 1. The first kappa shape index (κ1) is 17.6. The molecule has 0 radical (unpaired) electrons. The van der Waals surface area contributed by atoms with Gasteiger partial charge in [-0.3, -0.25) is 9.78 Å². The van der Waals surface area contributed by atoms with E-state index in [9.17, 15) is 4.79 Å². The summed E-state index contributed by atoms with van der Waals surface area (Å²) < 4.78 is 0. The van der Waals surface area contributed by atoms with Crippen LogP contribution in [0.1, 0.15) is 32.3 Å². The van der Waals surface area contributed by atoms with Crippen molar-refractivity contribution in [2.75, 3.05) is 27.2 Å². The number of aromatic nitrogens is 1. The quantitative estimate of drug-likeness (QED) is 0.788. The van der Waals surface area contributed by atoms with Gasteiger partial charge in [-0.25, -0.2) is 0 Å². The summed E-state index contributed by atoms with van der Waals surface area (Å²) in [5, 5.41) is 0. The van der Waals surface area contributed by atoms with Crippen LogP contribution in [-0.2, 0) is 11.3 Å². The van der Waals surface area contributed by atoms with Gasteiger partial charge in [0.05, 0.1) is 0 Å². The molecule has 5 nitrogen and oxygen atoms in total. The van der Waals surface area contributed by atoms with E-state index >= 15 is 0 Å². The zero-order valence-corrected chi connectivity index (χ0v) is 13.7. The van der Waals surface area contributed by atoms with Gasteiger partial charge in [-0.2, -0.15) is 0 Å². The summed E-state index contributed by atoms with van der Waals surface area (Å²) in [7, 11) is 4.02. The number of carbonyl (C=O) groups is 1. The minimum atomic E-state index is -0.308. The highest BCUT2D eigenvalue weighted by molar-refractivity contribution is 5.76. The number of hydrogen-bond donors (Lipinski definition) is 1. The van der Waals surface area contributed by atoms with E-state index in [0.29, 0.717) is 25.9 Å². The molecule has 0 saturated carbocycles. The molecular formula is C16H28N4O. The number of likely N-dealkylation sites (N-methyl/N-ethyl adjacent to an activating group) is 1. The van der Waals surface area contributed by atoms with E-state index < -0.39 is 0 Å². The summed E-state index contributed by atoms with van der Waals surface area (Å²) in [4.78, 5) is 20.5. The lowest BCUT2D eigenvalue weighted by Gasteiger charge is -2.26. The Bertz CT molecular complexity index is 426. The average Bonchev–Trinajstić information content (AvgIpc) is 2.41. The maximum absolute atomic E-state index is 12.4. The molecule has 118 valence electrons. The monoisotopic (exact) mass is 292 g/mol. The van der Waals surface area contributed by atoms with Crippen LogP contribution in [0, 0.1) is 0 Å². The van der Waals surface area contributed by atoms with Gasteiger partial charge in [-0.1, -0.05) is 6.07 Å². The minimum absolute atomic E-state index is 0.152. The van der Waals surface area contributed by atoms with Crippen molar-refractivity contribution in [1.82, 2.24) is 14.8 Å². The average molecular weight is 292 g/mol. The topological polar surface area (TPSA) is 62.5 Å². The normalized spacial score (nSPS) is 11.7. The lowest BCUT2D eigenvalue weighted by atomic mass is 9.99. The summed E-state index contributed by atoms with van der Waals surface area (Å²) in [6.45, 7) is 6.06. The van der Waals surface area contributed by atoms with Crippen LogP contribution < -0.4 is 5.73 Å². The van der Waals surface area contributed by atoms with E-state index in [4.69, 9.17) is 5.73 Å². The van der Waals surface area contributed by atoms with Gasteiger partial charge in [-0.15, -0.1) is 0 Å². The van der Waals surface area contributed by atoms with Crippen LogP contribution in [0.2, 0.25) is 0 Å². The first-order valence-corrected chi connectivity index (χ1v) is 7.38. The van der Waals surface area contributed by atoms with Gasteiger partial charge in [0.15, 0.2) is 0 Å². The van der Waals surface area contributed by atoms with Crippen molar-refractivity contribution in [2.24, 2.45) is 5.73 Å². The Hall–Kier alpha value is -1.46. The molecule has 0 aromatic carbocycles. The lowest BCUT2D eigenvalue weighted by Crippen LogP contribution is -2.38. The summed E-state index contributed by atoms with van der Waals surface area (Å²) in [5.41, 5.74) is 6.71. The first-order chi connectivity index (χ1) is 9.78. The molecule has 0 atom stereocenters. The van der Waals surface area contributed by atoms with E-state index in [1.165, 1.54) is 0 Å². The molecule has 1 aromatic heterocycles. The molecule has 21 heavy (non-hydrogen) atoms. The first-order valence-electron chi connectivity index (χ1n) is 7.38. The molecule has 1 aromatic rings. The highest BCUT2D eigenvalue weighted by atomic mass is 16.2. The second-order valence-electron chi connectivity index (χ2n) is 6.47. The molecule has 0 fully saturated rings. The summed E-state index contributed by atoms with van der Waals surface area (Å²) >= 11 is 0. The van der Waals surface area contributed by atoms with Crippen molar-refractivity contribution < 1.29 is 4.79 Å². The summed E-state index contributed by atoms with van der Waals surface area (Å²) in [5.74, 6) is 0.152. The van der Waals surface area contributed by atoms with Gasteiger partial charge in [-0.05, 0) is 46.0 Å². The fourth-order valence-electron chi connectivity index (χ4n) is 1.91. The second-order valence-corrected chi connectivity index (χ2v) is 6.47. The van der Waals surface area contributed by atoms with E-state index in [0.717, 1.165) is 12.1 Å². The maximum atomic E-state index is 12.4. The van der Waals surface area contributed by atoms with E-state index in [1.807, 2.05) is 51.2 Å². The molecule has 0 unspecified atom stereocenters. The predicted octanol–water partition coefficient (Wildman–Crippen LogP) is 1.49. The number of rotatable bonds is 8. The van der Waals surface area contributed by atoms with Crippen LogP contribution in [0.3, 0.4) is 0 Å². The van der Waals surface area contributed by atoms with Gasteiger partial charge < -0.3 is 15.5 Å². The molecule has 1 amide bonds. The highest BCUT2D eigenvalue weighted by Crippen LogP contribution is 2.11. The Morgan fingerprint density at radius 1 is 1.33 bits per heavy atom. The largest absolute Gasteiger partial charge is 0.337 e. The third-order valence-corrected chi connectivity index (χ3v) is 3.25. The molecule has 0 aliphatic rings. The predicted molar refractivity (Wildman–Crippen MR) is 85.7 cm³/mol.